The van der Waals surface area contributed by atoms with Crippen molar-refractivity contribution in [2.24, 2.45) is 0 Å². The van der Waals surface area contributed by atoms with E-state index in [1.165, 1.54) is 19.2 Å². The highest BCUT2D eigenvalue weighted by Gasteiger charge is 2.17. The molecule has 202 valence electrons. The van der Waals surface area contributed by atoms with Crippen molar-refractivity contribution in [3.63, 3.8) is 0 Å². The number of nitrogens with zero attached hydrogens (tertiary/aromatic N) is 3. The predicted molar refractivity (Wildman–Crippen MR) is 151 cm³/mol. The highest BCUT2D eigenvalue weighted by atomic mass is 32.2. The Bertz CT molecular complexity index is 1770. The largest absolute Gasteiger partial charge is 0.495 e. The number of hydrogen-bond acceptors (Lipinski definition) is 9. The molecule has 0 saturated heterocycles. The fraction of sp³-hybridized carbons (Fsp3) is 0.103. The Morgan fingerprint density at radius 3 is 2.52 bits per heavy atom. The Labute approximate surface area is 231 Å². The maximum Gasteiger partial charge on any atom is 0.299 e. The Hall–Kier alpha value is -5.03. The van der Waals surface area contributed by atoms with Crippen molar-refractivity contribution in [1.82, 2.24) is 15.0 Å². The third kappa shape index (κ3) is 5.84. The quantitative estimate of drug-likeness (QED) is 0.238. The Kier molecular flexibility index (Phi) is 7.56. The fourth-order valence-electron chi connectivity index (χ4n) is 3.90. The molecular formula is C29H25N5O5S. The average molecular weight is 556 g/mol. The van der Waals surface area contributed by atoms with Crippen LogP contribution in [0.3, 0.4) is 0 Å². The second-order valence-corrected chi connectivity index (χ2v) is 10.9. The second kappa shape index (κ2) is 11.4. The van der Waals surface area contributed by atoms with E-state index in [4.69, 9.17) is 9.15 Å². The molecule has 11 heteroatoms. The van der Waals surface area contributed by atoms with Gasteiger partial charge in [-0.25, -0.2) is 23.4 Å². The van der Waals surface area contributed by atoms with Crippen LogP contribution in [0.2, 0.25) is 0 Å². The number of carbonyl (C=O) groups is 1. The van der Waals surface area contributed by atoms with Crippen molar-refractivity contribution >= 4 is 33.4 Å². The number of anilines is 3. The first kappa shape index (κ1) is 26.6. The van der Waals surface area contributed by atoms with Crippen LogP contribution >= 0.6 is 0 Å². The summed E-state index contributed by atoms with van der Waals surface area (Å²) < 4.78 is 36.0. The fourth-order valence-corrected chi connectivity index (χ4v) is 4.81. The molecule has 2 N–H and O–H groups in total. The summed E-state index contributed by atoms with van der Waals surface area (Å²) in [5.41, 5.74) is 3.03. The van der Waals surface area contributed by atoms with Crippen molar-refractivity contribution in [3.05, 3.63) is 96.8 Å². The molecule has 2 heterocycles. The van der Waals surface area contributed by atoms with Crippen LogP contribution in [0.1, 0.15) is 17.3 Å². The third-order valence-corrected chi connectivity index (χ3v) is 7.75. The van der Waals surface area contributed by atoms with Gasteiger partial charge in [0.25, 0.3) is 11.9 Å². The molecule has 3 aromatic carbocycles. The van der Waals surface area contributed by atoms with Crippen LogP contribution in [0, 0.1) is 0 Å². The molecule has 0 radical (unpaired) electrons. The molecule has 0 aliphatic carbocycles. The van der Waals surface area contributed by atoms with E-state index in [9.17, 15) is 13.2 Å². The number of amides is 1. The van der Waals surface area contributed by atoms with Crippen molar-refractivity contribution in [3.8, 4) is 28.3 Å². The van der Waals surface area contributed by atoms with Crippen LogP contribution in [0.5, 0.6) is 5.75 Å². The SMILES string of the molecule is CCS(=O)(=O)c1ccc(OC)c(Nc2ncc(-c3cccc(-c4ccnc(NC(=O)c5ccccc5)n4)c3)o2)c1. The summed E-state index contributed by atoms with van der Waals surface area (Å²) in [6.07, 6.45) is 3.14. The van der Waals surface area contributed by atoms with E-state index < -0.39 is 9.84 Å². The lowest BCUT2D eigenvalue weighted by Gasteiger charge is -2.11. The molecule has 10 nitrogen and oxygen atoms in total. The van der Waals surface area contributed by atoms with Gasteiger partial charge in [0.2, 0.25) is 5.95 Å². The van der Waals surface area contributed by atoms with Crippen molar-refractivity contribution in [2.75, 3.05) is 23.5 Å². The van der Waals surface area contributed by atoms with E-state index in [0.29, 0.717) is 28.5 Å². The van der Waals surface area contributed by atoms with Gasteiger partial charge in [0.05, 0.1) is 35.3 Å². The van der Waals surface area contributed by atoms with Gasteiger partial charge in [-0.3, -0.25) is 10.1 Å². The van der Waals surface area contributed by atoms with Crippen molar-refractivity contribution in [1.29, 1.82) is 0 Å². The molecule has 0 fully saturated rings. The number of benzene rings is 3. The van der Waals surface area contributed by atoms with E-state index in [1.54, 1.807) is 55.7 Å². The van der Waals surface area contributed by atoms with Crippen molar-refractivity contribution in [2.45, 2.75) is 11.8 Å². The maximum absolute atomic E-state index is 12.5. The first-order valence-corrected chi connectivity index (χ1v) is 14.0. The Morgan fingerprint density at radius 2 is 1.75 bits per heavy atom. The minimum Gasteiger partial charge on any atom is -0.495 e. The number of rotatable bonds is 9. The van der Waals surface area contributed by atoms with Crippen LogP contribution in [0.15, 0.2) is 101 Å². The van der Waals surface area contributed by atoms with E-state index in [-0.39, 0.29) is 28.5 Å². The second-order valence-electron chi connectivity index (χ2n) is 8.59. The lowest BCUT2D eigenvalue weighted by atomic mass is 10.1. The highest BCUT2D eigenvalue weighted by Crippen LogP contribution is 2.33. The van der Waals surface area contributed by atoms with E-state index in [2.05, 4.69) is 25.6 Å². The molecule has 0 spiro atoms. The van der Waals surface area contributed by atoms with E-state index in [1.807, 2.05) is 30.3 Å². The number of hydrogen-bond donors (Lipinski definition) is 2. The van der Waals surface area contributed by atoms with Gasteiger partial charge < -0.3 is 14.5 Å². The lowest BCUT2D eigenvalue weighted by molar-refractivity contribution is 0.102. The molecular weight excluding hydrogens is 530 g/mol. The molecule has 0 saturated carbocycles. The van der Waals surface area contributed by atoms with Crippen LogP contribution in [-0.4, -0.2) is 42.1 Å². The van der Waals surface area contributed by atoms with Gasteiger partial charge in [0.1, 0.15) is 5.75 Å². The molecule has 0 aliphatic heterocycles. The molecule has 0 atom stereocenters. The highest BCUT2D eigenvalue weighted by molar-refractivity contribution is 7.91. The lowest BCUT2D eigenvalue weighted by Crippen LogP contribution is -2.14. The van der Waals surface area contributed by atoms with E-state index in [0.717, 1.165) is 11.1 Å². The van der Waals surface area contributed by atoms with Gasteiger partial charge in [0, 0.05) is 22.9 Å². The number of sulfone groups is 1. The van der Waals surface area contributed by atoms with Gasteiger partial charge in [-0.1, -0.05) is 43.3 Å². The summed E-state index contributed by atoms with van der Waals surface area (Å²) >= 11 is 0. The predicted octanol–water partition coefficient (Wildman–Crippen LogP) is 5.60. The topological polar surface area (TPSA) is 136 Å². The minimum atomic E-state index is -3.41. The number of carbonyl (C=O) groups excluding carboxylic acids is 1. The summed E-state index contributed by atoms with van der Waals surface area (Å²) in [7, 11) is -1.92. The molecule has 5 rings (SSSR count). The summed E-state index contributed by atoms with van der Waals surface area (Å²) in [5.74, 6) is 0.778. The molecule has 40 heavy (non-hydrogen) atoms. The maximum atomic E-state index is 12.5. The zero-order chi connectivity index (χ0) is 28.1. The zero-order valence-electron chi connectivity index (χ0n) is 21.7. The first-order chi connectivity index (χ1) is 19.4. The van der Waals surface area contributed by atoms with Crippen LogP contribution in [0.25, 0.3) is 22.6 Å². The first-order valence-electron chi connectivity index (χ1n) is 12.3. The minimum absolute atomic E-state index is 0.0223. The molecule has 1 amide bonds. The van der Waals surface area contributed by atoms with Gasteiger partial charge >= 0.3 is 0 Å². The summed E-state index contributed by atoms with van der Waals surface area (Å²) in [6.45, 7) is 1.59. The summed E-state index contributed by atoms with van der Waals surface area (Å²) in [5, 5.41) is 5.73. The average Bonchev–Trinajstić information content (AvgIpc) is 3.46. The van der Waals surface area contributed by atoms with Gasteiger partial charge in [0.15, 0.2) is 15.6 Å². The van der Waals surface area contributed by atoms with Gasteiger partial charge in [-0.05, 0) is 42.5 Å². The number of methoxy groups -OCH3 is 1. The molecule has 0 aliphatic rings. The molecule has 0 bridgehead atoms. The molecule has 0 unspecified atom stereocenters. The number of aromatic nitrogens is 3. The monoisotopic (exact) mass is 555 g/mol. The smallest absolute Gasteiger partial charge is 0.299 e. The van der Waals surface area contributed by atoms with Crippen molar-refractivity contribution < 1.29 is 22.4 Å². The van der Waals surface area contributed by atoms with Crippen LogP contribution in [-0.2, 0) is 9.84 Å². The number of oxazole rings is 1. The number of ether oxygens (including phenoxy) is 1. The molecule has 5 aromatic rings. The third-order valence-electron chi connectivity index (χ3n) is 6.02. The molecule has 2 aromatic heterocycles. The summed E-state index contributed by atoms with van der Waals surface area (Å²) in [4.78, 5) is 25.6. The zero-order valence-corrected chi connectivity index (χ0v) is 22.5. The van der Waals surface area contributed by atoms with Crippen LogP contribution in [0.4, 0.5) is 17.7 Å². The normalized spacial score (nSPS) is 11.2. The standard InChI is InChI=1S/C29H25N5O5S/c1-3-40(36,37)22-12-13-25(38-2)24(17-22)33-29-31-18-26(39-29)21-11-7-10-20(16-21)23-14-15-30-28(32-23)34-27(35)19-8-5-4-6-9-19/h4-18H,3H2,1-2H3,(H,31,33)(H,30,32,34,35). The number of nitrogens with one attached hydrogen (secondary N) is 2. The van der Waals surface area contributed by atoms with Gasteiger partial charge in [-0.15, -0.1) is 0 Å². The Balaban J connectivity index is 1.37. The Morgan fingerprint density at radius 1 is 0.950 bits per heavy atom. The van der Waals surface area contributed by atoms with Gasteiger partial charge in [-0.2, -0.15) is 0 Å². The van der Waals surface area contributed by atoms with E-state index >= 15 is 0 Å². The summed E-state index contributed by atoms with van der Waals surface area (Å²) in [6, 6.07) is 22.8. The van der Waals surface area contributed by atoms with Crippen LogP contribution < -0.4 is 15.4 Å².